The number of halogens is 1. The zero-order valence-electron chi connectivity index (χ0n) is 8.03. The van der Waals surface area contributed by atoms with E-state index in [0.29, 0.717) is 10.6 Å². The maximum Gasteiger partial charge on any atom is 0.328 e. The number of aliphatic carboxylic acids is 1. The van der Waals surface area contributed by atoms with Crippen LogP contribution in [0.2, 0.25) is 5.02 Å². The second-order valence-electron chi connectivity index (χ2n) is 3.00. The van der Waals surface area contributed by atoms with E-state index >= 15 is 0 Å². The van der Waals surface area contributed by atoms with Crippen LogP contribution in [0.3, 0.4) is 0 Å². The zero-order chi connectivity index (χ0) is 11.4. The first kappa shape index (κ1) is 11.5. The summed E-state index contributed by atoms with van der Waals surface area (Å²) in [5.74, 6) is -1.48. The molecular weight excluding hydrogens is 216 g/mol. The molecule has 1 N–H and O–H groups in total. The Morgan fingerprint density at radius 3 is 2.53 bits per heavy atom. The average Bonchev–Trinajstić information content (AvgIpc) is 2.14. The van der Waals surface area contributed by atoms with Gasteiger partial charge in [-0.1, -0.05) is 11.6 Å². The van der Waals surface area contributed by atoms with Gasteiger partial charge in [-0.2, -0.15) is 0 Å². The minimum absolute atomic E-state index is 0.341. The van der Waals surface area contributed by atoms with E-state index in [1.807, 2.05) is 0 Å². The Balaban J connectivity index is 2.97. The van der Waals surface area contributed by atoms with Crippen molar-refractivity contribution in [1.82, 2.24) is 0 Å². The van der Waals surface area contributed by atoms with Gasteiger partial charge in [0.25, 0.3) is 0 Å². The number of hydrogen-bond acceptors (Lipinski definition) is 2. The molecule has 3 nitrogen and oxygen atoms in total. The van der Waals surface area contributed by atoms with Crippen molar-refractivity contribution in [3.63, 3.8) is 0 Å². The number of ketones is 1. The Morgan fingerprint density at radius 1 is 1.33 bits per heavy atom. The minimum atomic E-state index is -1.14. The molecule has 4 heteroatoms. The number of hydrogen-bond donors (Lipinski definition) is 1. The van der Waals surface area contributed by atoms with Gasteiger partial charge in [0.1, 0.15) is 0 Å². The van der Waals surface area contributed by atoms with E-state index in [2.05, 4.69) is 0 Å². The van der Waals surface area contributed by atoms with Gasteiger partial charge in [-0.15, -0.1) is 0 Å². The first-order valence-corrected chi connectivity index (χ1v) is 4.60. The van der Waals surface area contributed by atoms with Crippen molar-refractivity contribution in [1.29, 1.82) is 0 Å². The predicted octanol–water partition coefficient (Wildman–Crippen LogP) is 2.47. The normalized spacial score (nSPS) is 10.5. The molecule has 0 unspecified atom stereocenters. The van der Waals surface area contributed by atoms with Crippen LogP contribution in [0.4, 0.5) is 0 Å². The van der Waals surface area contributed by atoms with Crippen LogP contribution in [-0.2, 0) is 4.79 Å². The van der Waals surface area contributed by atoms with Crippen LogP contribution < -0.4 is 0 Å². The number of carboxylic acids is 1. The van der Waals surface area contributed by atoms with Crippen molar-refractivity contribution in [3.8, 4) is 0 Å². The second kappa shape index (κ2) is 4.75. The highest BCUT2D eigenvalue weighted by molar-refractivity contribution is 6.30. The van der Waals surface area contributed by atoms with Crippen LogP contribution in [0.25, 0.3) is 0 Å². The highest BCUT2D eigenvalue weighted by Gasteiger charge is 2.06. The molecule has 1 aromatic carbocycles. The molecule has 0 saturated heterocycles. The molecule has 0 amide bonds. The number of carboxylic acid groups (broad SMARTS) is 1. The molecular formula is C11H9ClO3. The van der Waals surface area contributed by atoms with E-state index in [1.54, 1.807) is 25.1 Å². The van der Waals surface area contributed by atoms with E-state index in [-0.39, 0.29) is 5.78 Å². The SMILES string of the molecule is Cc1cc(Cl)ccc1C(=O)C=CC(=O)O. The van der Waals surface area contributed by atoms with E-state index in [1.165, 1.54) is 0 Å². The highest BCUT2D eigenvalue weighted by Crippen LogP contribution is 2.15. The number of benzene rings is 1. The third-order valence-electron chi connectivity index (χ3n) is 1.83. The molecule has 0 spiro atoms. The molecule has 0 aliphatic heterocycles. The first-order chi connectivity index (χ1) is 7.00. The zero-order valence-corrected chi connectivity index (χ0v) is 8.78. The lowest BCUT2D eigenvalue weighted by molar-refractivity contribution is -0.131. The largest absolute Gasteiger partial charge is 0.478 e. The fraction of sp³-hybridized carbons (Fsp3) is 0.0909. The fourth-order valence-corrected chi connectivity index (χ4v) is 1.37. The lowest BCUT2D eigenvalue weighted by atomic mass is 10.0. The molecule has 1 aromatic rings. The molecule has 0 saturated carbocycles. The van der Waals surface area contributed by atoms with Crippen LogP contribution in [0, 0.1) is 6.92 Å². The standard InChI is InChI=1S/C11H9ClO3/c1-7-6-8(12)2-3-9(7)10(13)4-5-11(14)15/h2-6H,1H3,(H,14,15). The highest BCUT2D eigenvalue weighted by atomic mass is 35.5. The van der Waals surface area contributed by atoms with E-state index < -0.39 is 5.97 Å². The lowest BCUT2D eigenvalue weighted by Gasteiger charge is -2.01. The maximum atomic E-state index is 11.5. The fourth-order valence-electron chi connectivity index (χ4n) is 1.14. The second-order valence-corrected chi connectivity index (χ2v) is 3.43. The Kier molecular flexibility index (Phi) is 3.63. The van der Waals surface area contributed by atoms with E-state index in [4.69, 9.17) is 16.7 Å². The number of aryl methyl sites for hydroxylation is 1. The third kappa shape index (κ3) is 3.22. The monoisotopic (exact) mass is 224 g/mol. The Labute approximate surface area is 92.0 Å². The van der Waals surface area contributed by atoms with Gasteiger partial charge in [0, 0.05) is 16.7 Å². The molecule has 78 valence electrons. The van der Waals surface area contributed by atoms with Crippen LogP contribution in [0.15, 0.2) is 30.4 Å². The van der Waals surface area contributed by atoms with Gasteiger partial charge in [-0.25, -0.2) is 4.79 Å². The van der Waals surface area contributed by atoms with Crippen molar-refractivity contribution < 1.29 is 14.7 Å². The van der Waals surface area contributed by atoms with Crippen molar-refractivity contribution in [2.75, 3.05) is 0 Å². The molecule has 0 aromatic heterocycles. The molecule has 0 fully saturated rings. The van der Waals surface area contributed by atoms with Gasteiger partial charge in [-0.05, 0) is 36.8 Å². The molecule has 0 bridgehead atoms. The summed E-state index contributed by atoms with van der Waals surface area (Å²) in [5, 5.41) is 8.91. The third-order valence-corrected chi connectivity index (χ3v) is 2.07. The van der Waals surface area contributed by atoms with Crippen molar-refractivity contribution in [2.24, 2.45) is 0 Å². The summed E-state index contributed by atoms with van der Waals surface area (Å²) in [5.41, 5.74) is 1.18. The summed E-state index contributed by atoms with van der Waals surface area (Å²) >= 11 is 5.73. The van der Waals surface area contributed by atoms with E-state index in [9.17, 15) is 9.59 Å². The lowest BCUT2D eigenvalue weighted by Crippen LogP contribution is -1.99. The topological polar surface area (TPSA) is 54.4 Å². The summed E-state index contributed by atoms with van der Waals surface area (Å²) in [7, 11) is 0. The Bertz CT molecular complexity index is 435. The molecule has 0 aliphatic carbocycles. The summed E-state index contributed by atoms with van der Waals surface area (Å²) in [4.78, 5) is 21.7. The summed E-state index contributed by atoms with van der Waals surface area (Å²) in [6, 6.07) is 4.83. The number of carbonyl (C=O) groups is 2. The first-order valence-electron chi connectivity index (χ1n) is 4.22. The summed E-state index contributed by atoms with van der Waals surface area (Å²) < 4.78 is 0. The van der Waals surface area contributed by atoms with Gasteiger partial charge in [0.15, 0.2) is 5.78 Å². The summed E-state index contributed by atoms with van der Waals surface area (Å²) in [6.07, 6.45) is 1.84. The van der Waals surface area contributed by atoms with Gasteiger partial charge in [-0.3, -0.25) is 4.79 Å². The van der Waals surface area contributed by atoms with Crippen LogP contribution in [0.1, 0.15) is 15.9 Å². The van der Waals surface area contributed by atoms with Crippen molar-refractivity contribution in [3.05, 3.63) is 46.5 Å². The van der Waals surface area contributed by atoms with Gasteiger partial charge in [0.2, 0.25) is 0 Å². The number of allylic oxidation sites excluding steroid dienone is 1. The van der Waals surface area contributed by atoms with Crippen molar-refractivity contribution in [2.45, 2.75) is 6.92 Å². The Hall–Kier alpha value is -1.61. The molecule has 0 heterocycles. The molecule has 0 radical (unpaired) electrons. The van der Waals surface area contributed by atoms with Gasteiger partial charge >= 0.3 is 5.97 Å². The molecule has 15 heavy (non-hydrogen) atoms. The minimum Gasteiger partial charge on any atom is -0.478 e. The van der Waals surface area contributed by atoms with Crippen LogP contribution in [0.5, 0.6) is 0 Å². The maximum absolute atomic E-state index is 11.5. The quantitative estimate of drug-likeness (QED) is 0.634. The molecule has 1 rings (SSSR count). The molecule has 0 atom stereocenters. The molecule has 0 aliphatic rings. The average molecular weight is 225 g/mol. The van der Waals surface area contributed by atoms with Gasteiger partial charge < -0.3 is 5.11 Å². The van der Waals surface area contributed by atoms with Crippen LogP contribution >= 0.6 is 11.6 Å². The van der Waals surface area contributed by atoms with Crippen LogP contribution in [-0.4, -0.2) is 16.9 Å². The smallest absolute Gasteiger partial charge is 0.328 e. The summed E-state index contributed by atoms with van der Waals surface area (Å²) in [6.45, 7) is 1.74. The van der Waals surface area contributed by atoms with E-state index in [0.717, 1.165) is 17.7 Å². The predicted molar refractivity (Wildman–Crippen MR) is 57.3 cm³/mol. The number of rotatable bonds is 3. The number of carbonyl (C=O) groups excluding carboxylic acids is 1. The Morgan fingerprint density at radius 2 is 2.00 bits per heavy atom. The van der Waals surface area contributed by atoms with Gasteiger partial charge in [0.05, 0.1) is 0 Å². The van der Waals surface area contributed by atoms with Crippen molar-refractivity contribution >= 4 is 23.4 Å².